The van der Waals surface area contributed by atoms with Crippen molar-refractivity contribution < 1.29 is 24.2 Å². The van der Waals surface area contributed by atoms with Crippen molar-refractivity contribution in [3.63, 3.8) is 0 Å². The van der Waals surface area contributed by atoms with Crippen molar-refractivity contribution in [2.24, 2.45) is 5.41 Å². The maximum atomic E-state index is 12.9. The van der Waals surface area contributed by atoms with Crippen LogP contribution < -0.4 is 0 Å². The summed E-state index contributed by atoms with van der Waals surface area (Å²) in [7, 11) is 0. The lowest BCUT2D eigenvalue weighted by Gasteiger charge is -2.39. The molecule has 0 saturated heterocycles. The molecule has 3 aliphatic carbocycles. The minimum absolute atomic E-state index is 0.175. The summed E-state index contributed by atoms with van der Waals surface area (Å²) in [6.07, 6.45) is 6.17. The molecule has 1 fully saturated rings. The first-order chi connectivity index (χ1) is 14.2. The van der Waals surface area contributed by atoms with Crippen LogP contribution in [0.3, 0.4) is 0 Å². The number of amides is 2. The molecule has 0 aromatic rings. The first-order valence-electron chi connectivity index (χ1n) is 10.3. The zero-order valence-corrected chi connectivity index (χ0v) is 18.4. The molecule has 2 amide bonds. The number of fused-ring (bicyclic) bond motifs is 1. The summed E-state index contributed by atoms with van der Waals surface area (Å²) in [6, 6.07) is 0. The average Bonchev–Trinajstić information content (AvgIpc) is 3.38. The molecule has 1 N–H and O–H groups in total. The molecule has 0 bridgehead atoms. The van der Waals surface area contributed by atoms with Crippen molar-refractivity contribution >= 4 is 29.4 Å². The van der Waals surface area contributed by atoms with Gasteiger partial charge in [0.25, 0.3) is 11.8 Å². The number of imide groups is 1. The van der Waals surface area contributed by atoms with Crippen LogP contribution in [0.4, 0.5) is 0 Å². The number of Topliss-reactive ketones (excluding diaryl/α,β-unsaturated/α-hetero) is 1. The Kier molecular flexibility index (Phi) is 5.41. The molecule has 1 saturated carbocycles. The molecule has 1 heterocycles. The third-order valence-electron chi connectivity index (χ3n) is 6.85. The summed E-state index contributed by atoms with van der Waals surface area (Å²) in [4.78, 5) is 37.2. The molecule has 0 aromatic heterocycles. The van der Waals surface area contributed by atoms with Crippen LogP contribution in [0, 0.1) is 5.41 Å². The molecule has 4 rings (SSSR count). The first-order valence-corrected chi connectivity index (χ1v) is 11.5. The standard InChI is InChI=1S/C23H27NO5S/c1-14-12-16-20(15(2)23(6-7-23)22(3,28)21(16)27)17(14)13-29-9-11-30-10-8-24-18(25)4-5-19(24)26/h4-5,12,28H,6-11,13H2,1-3H3/t22-/m0/s1. The number of nitrogens with zero attached hydrogens (tertiary/aromatic N) is 1. The number of allylic oxidation sites excluding steroid dienone is 2. The fourth-order valence-electron chi connectivity index (χ4n) is 4.80. The fourth-order valence-corrected chi connectivity index (χ4v) is 5.55. The van der Waals surface area contributed by atoms with Crippen LogP contribution in [0.2, 0.25) is 0 Å². The van der Waals surface area contributed by atoms with E-state index >= 15 is 0 Å². The smallest absolute Gasteiger partial charge is 0.253 e. The molecule has 1 aliphatic heterocycles. The summed E-state index contributed by atoms with van der Waals surface area (Å²) in [5.41, 5.74) is 3.03. The highest BCUT2D eigenvalue weighted by molar-refractivity contribution is 7.99. The Morgan fingerprint density at radius 2 is 1.80 bits per heavy atom. The van der Waals surface area contributed by atoms with Crippen molar-refractivity contribution in [3.8, 4) is 0 Å². The molecule has 7 heteroatoms. The van der Waals surface area contributed by atoms with Gasteiger partial charge in [0.2, 0.25) is 0 Å². The highest BCUT2D eigenvalue weighted by atomic mass is 32.2. The van der Waals surface area contributed by atoms with Crippen LogP contribution in [-0.2, 0) is 19.1 Å². The van der Waals surface area contributed by atoms with Crippen molar-refractivity contribution in [3.05, 3.63) is 46.1 Å². The van der Waals surface area contributed by atoms with E-state index in [4.69, 9.17) is 4.74 Å². The van der Waals surface area contributed by atoms with Crippen LogP contribution in [0.5, 0.6) is 0 Å². The van der Waals surface area contributed by atoms with E-state index in [2.05, 4.69) is 0 Å². The predicted molar refractivity (Wildman–Crippen MR) is 115 cm³/mol. The van der Waals surface area contributed by atoms with Gasteiger partial charge < -0.3 is 9.84 Å². The number of rotatable bonds is 8. The predicted octanol–water partition coefficient (Wildman–Crippen LogP) is 2.35. The first kappa shape index (κ1) is 21.3. The third kappa shape index (κ3) is 3.24. The van der Waals surface area contributed by atoms with Crippen LogP contribution in [0.25, 0.3) is 0 Å². The van der Waals surface area contributed by atoms with Crippen LogP contribution >= 0.6 is 11.8 Å². The molecule has 4 aliphatic rings. The van der Waals surface area contributed by atoms with Crippen LogP contribution in [0.15, 0.2) is 46.1 Å². The van der Waals surface area contributed by atoms with Gasteiger partial charge in [-0.25, -0.2) is 0 Å². The fraction of sp³-hybridized carbons (Fsp3) is 0.522. The van der Waals surface area contributed by atoms with E-state index in [1.165, 1.54) is 17.1 Å². The topological polar surface area (TPSA) is 83.9 Å². The van der Waals surface area contributed by atoms with E-state index < -0.39 is 11.0 Å². The number of carbonyl (C=O) groups excluding carboxylic acids is 3. The zero-order chi connectivity index (χ0) is 21.7. The van der Waals surface area contributed by atoms with E-state index in [0.29, 0.717) is 31.1 Å². The highest BCUT2D eigenvalue weighted by Gasteiger charge is 2.65. The van der Waals surface area contributed by atoms with Gasteiger partial charge in [-0.1, -0.05) is 5.57 Å². The van der Waals surface area contributed by atoms with Crippen LogP contribution in [0.1, 0.15) is 33.6 Å². The van der Waals surface area contributed by atoms with Gasteiger partial charge in [-0.2, -0.15) is 11.8 Å². The summed E-state index contributed by atoms with van der Waals surface area (Å²) in [5.74, 6) is 0.757. The van der Waals surface area contributed by atoms with Gasteiger partial charge in [0, 0.05) is 41.2 Å². The number of thioether (sulfide) groups is 1. The lowest BCUT2D eigenvalue weighted by molar-refractivity contribution is -0.138. The molecule has 6 nitrogen and oxygen atoms in total. The Bertz CT molecular complexity index is 931. The van der Waals surface area contributed by atoms with Gasteiger partial charge in [0.05, 0.1) is 13.2 Å². The average molecular weight is 430 g/mol. The van der Waals surface area contributed by atoms with Gasteiger partial charge in [-0.15, -0.1) is 0 Å². The second-order valence-corrected chi connectivity index (χ2v) is 9.75. The summed E-state index contributed by atoms with van der Waals surface area (Å²) in [6.45, 7) is 7.06. The minimum atomic E-state index is -1.33. The van der Waals surface area contributed by atoms with Crippen molar-refractivity contribution in [2.75, 3.05) is 31.3 Å². The molecular formula is C23H27NO5S. The molecule has 0 radical (unpaired) electrons. The van der Waals surface area contributed by atoms with E-state index in [9.17, 15) is 19.5 Å². The van der Waals surface area contributed by atoms with E-state index in [-0.39, 0.29) is 17.6 Å². The number of aliphatic hydroxyl groups is 1. The Balaban J connectivity index is 1.29. The van der Waals surface area contributed by atoms with Crippen molar-refractivity contribution in [1.29, 1.82) is 0 Å². The van der Waals surface area contributed by atoms with E-state index in [0.717, 1.165) is 40.9 Å². The Hall–Kier alpha value is -1.96. The van der Waals surface area contributed by atoms with Gasteiger partial charge in [-0.3, -0.25) is 19.3 Å². The molecule has 1 atom stereocenters. The van der Waals surface area contributed by atoms with E-state index in [1.54, 1.807) is 18.7 Å². The number of carbonyl (C=O) groups is 3. The third-order valence-corrected chi connectivity index (χ3v) is 7.77. The van der Waals surface area contributed by atoms with Crippen molar-refractivity contribution in [2.45, 2.75) is 39.2 Å². The molecule has 160 valence electrons. The summed E-state index contributed by atoms with van der Waals surface area (Å²) >= 11 is 1.63. The lowest BCUT2D eigenvalue weighted by Crippen LogP contribution is -2.49. The summed E-state index contributed by atoms with van der Waals surface area (Å²) in [5, 5.41) is 10.9. The van der Waals surface area contributed by atoms with Gasteiger partial charge in [0.15, 0.2) is 5.78 Å². The highest BCUT2D eigenvalue weighted by Crippen LogP contribution is 2.64. The number of ketones is 1. The number of hydrogen-bond donors (Lipinski definition) is 1. The van der Waals surface area contributed by atoms with Crippen molar-refractivity contribution in [1.82, 2.24) is 4.90 Å². The van der Waals surface area contributed by atoms with Gasteiger partial charge in [-0.05, 0) is 56.4 Å². The summed E-state index contributed by atoms with van der Waals surface area (Å²) < 4.78 is 5.90. The largest absolute Gasteiger partial charge is 0.381 e. The Labute approximate surface area is 180 Å². The maximum absolute atomic E-state index is 12.9. The molecule has 1 spiro atoms. The molecule has 0 aromatic carbocycles. The SMILES string of the molecule is CC1=C(COCCSCCN2C(=O)C=CC2=O)C2=C(C)C3(CC3)[C@@](C)(O)C(=O)C2=C1. The Morgan fingerprint density at radius 1 is 1.13 bits per heavy atom. The molecular weight excluding hydrogens is 402 g/mol. The Morgan fingerprint density at radius 3 is 2.43 bits per heavy atom. The molecule has 0 unspecified atom stereocenters. The quantitative estimate of drug-likeness (QED) is 0.471. The monoisotopic (exact) mass is 429 g/mol. The molecule has 30 heavy (non-hydrogen) atoms. The van der Waals surface area contributed by atoms with Gasteiger partial charge >= 0.3 is 0 Å². The normalized spacial score (nSPS) is 27.0. The second-order valence-electron chi connectivity index (χ2n) is 8.53. The van der Waals surface area contributed by atoms with Crippen LogP contribution in [-0.4, -0.2) is 64.5 Å². The number of hydrogen-bond acceptors (Lipinski definition) is 6. The van der Waals surface area contributed by atoms with E-state index in [1.807, 2.05) is 19.9 Å². The zero-order valence-electron chi connectivity index (χ0n) is 17.6. The second kappa shape index (κ2) is 7.62. The maximum Gasteiger partial charge on any atom is 0.253 e. The van der Waals surface area contributed by atoms with Gasteiger partial charge in [0.1, 0.15) is 5.60 Å². The number of ether oxygens (including phenoxy) is 1. The minimum Gasteiger partial charge on any atom is -0.381 e. The lowest BCUT2D eigenvalue weighted by atomic mass is 9.67.